The van der Waals surface area contributed by atoms with Gasteiger partial charge in [0.1, 0.15) is 12.6 Å². The molecule has 0 radical (unpaired) electrons. The molecule has 364 valence electrons. The Bertz CT molecular complexity index is 1070. The Labute approximate surface area is 383 Å². The summed E-state index contributed by atoms with van der Waals surface area (Å²) in [5.74, 6) is -1.72. The van der Waals surface area contributed by atoms with E-state index in [1.165, 1.54) is 180 Å². The average Bonchev–Trinajstić information content (AvgIpc) is 3.23. The summed E-state index contributed by atoms with van der Waals surface area (Å²) in [6.07, 6.45) is 52.0. The number of allylic oxidation sites excluding steroid dienone is 4. The van der Waals surface area contributed by atoms with Crippen LogP contribution in [0.4, 0.5) is 0 Å². The highest BCUT2D eigenvalue weighted by Crippen LogP contribution is 2.17. The molecule has 8 heteroatoms. The first-order chi connectivity index (χ1) is 30.1. The monoisotopic (exact) mass is 876 g/mol. The number of carbonyl (C=O) groups excluding carboxylic acids is 3. The van der Waals surface area contributed by atoms with Gasteiger partial charge in [-0.3, -0.25) is 9.59 Å². The van der Waals surface area contributed by atoms with E-state index in [2.05, 4.69) is 38.2 Å². The zero-order valence-electron chi connectivity index (χ0n) is 41.6. The third-order valence-corrected chi connectivity index (χ3v) is 12.1. The second-order valence-corrected chi connectivity index (χ2v) is 19.1. The van der Waals surface area contributed by atoms with E-state index in [0.717, 1.165) is 38.5 Å². The molecule has 0 saturated heterocycles. The largest absolute Gasteiger partial charge is 0.544 e. The van der Waals surface area contributed by atoms with E-state index in [9.17, 15) is 19.5 Å². The number of unbranched alkanes of at least 4 members (excludes halogenated alkanes) is 31. The number of ether oxygens (including phenoxy) is 3. The maximum atomic E-state index is 12.8. The van der Waals surface area contributed by atoms with Crippen molar-refractivity contribution in [1.82, 2.24) is 0 Å². The lowest BCUT2D eigenvalue weighted by atomic mass is 10.0. The van der Waals surface area contributed by atoms with Crippen molar-refractivity contribution >= 4 is 17.9 Å². The van der Waals surface area contributed by atoms with Gasteiger partial charge < -0.3 is 28.6 Å². The van der Waals surface area contributed by atoms with Crippen molar-refractivity contribution in [1.29, 1.82) is 0 Å². The molecule has 0 rings (SSSR count). The maximum Gasteiger partial charge on any atom is 0.306 e. The van der Waals surface area contributed by atoms with E-state index in [-0.39, 0.29) is 42.7 Å². The second-order valence-electron chi connectivity index (χ2n) is 19.1. The van der Waals surface area contributed by atoms with Gasteiger partial charge in [-0.15, -0.1) is 0 Å². The van der Waals surface area contributed by atoms with Crippen LogP contribution in [-0.2, 0) is 28.6 Å². The predicted molar refractivity (Wildman–Crippen MR) is 259 cm³/mol. The van der Waals surface area contributed by atoms with Crippen molar-refractivity contribution in [3.8, 4) is 0 Å². The molecule has 0 fully saturated rings. The summed E-state index contributed by atoms with van der Waals surface area (Å²) >= 11 is 0. The number of hydrogen-bond acceptors (Lipinski definition) is 7. The van der Waals surface area contributed by atoms with Crippen LogP contribution >= 0.6 is 0 Å². The Balaban J connectivity index is 4.20. The Morgan fingerprint density at radius 3 is 1.24 bits per heavy atom. The fourth-order valence-electron chi connectivity index (χ4n) is 8.01. The van der Waals surface area contributed by atoms with Gasteiger partial charge in [-0.2, -0.15) is 0 Å². The van der Waals surface area contributed by atoms with Gasteiger partial charge >= 0.3 is 11.9 Å². The lowest BCUT2D eigenvalue weighted by Crippen LogP contribution is -2.55. The normalized spacial score (nSPS) is 13.0. The van der Waals surface area contributed by atoms with E-state index in [4.69, 9.17) is 14.2 Å². The molecule has 0 aromatic rings. The van der Waals surface area contributed by atoms with Crippen LogP contribution in [0.3, 0.4) is 0 Å². The van der Waals surface area contributed by atoms with Gasteiger partial charge in [0.05, 0.1) is 40.3 Å². The zero-order valence-corrected chi connectivity index (χ0v) is 41.6. The molecule has 0 heterocycles. The van der Waals surface area contributed by atoms with Crippen molar-refractivity contribution in [2.45, 2.75) is 264 Å². The fourth-order valence-corrected chi connectivity index (χ4v) is 8.01. The summed E-state index contributed by atoms with van der Waals surface area (Å²) in [5, 5.41) is 11.7. The Morgan fingerprint density at radius 1 is 0.484 bits per heavy atom. The van der Waals surface area contributed by atoms with Crippen LogP contribution < -0.4 is 5.11 Å². The van der Waals surface area contributed by atoms with Gasteiger partial charge in [0.2, 0.25) is 0 Å². The van der Waals surface area contributed by atoms with Crippen molar-refractivity contribution in [2.24, 2.45) is 0 Å². The highest BCUT2D eigenvalue weighted by Gasteiger charge is 2.25. The first-order valence-corrected chi connectivity index (χ1v) is 26.4. The molecule has 8 nitrogen and oxygen atoms in total. The number of quaternary nitrogens is 1. The van der Waals surface area contributed by atoms with Crippen molar-refractivity contribution in [3.63, 3.8) is 0 Å². The second kappa shape index (κ2) is 45.4. The minimum atomic E-state index is -1.12. The molecule has 0 bridgehead atoms. The van der Waals surface area contributed by atoms with E-state index >= 15 is 0 Å². The molecule has 0 aliphatic rings. The SMILES string of the molecule is CCCCC/C=C/C=C/CCCCCCCCCCCCC(=O)OC(COCCC(C(=O)[O-])[N+](C)(C)C)COC(=O)CCCCCCCCCCCCCCCCCCCCC. The summed E-state index contributed by atoms with van der Waals surface area (Å²) in [7, 11) is 5.42. The number of esters is 2. The lowest BCUT2D eigenvalue weighted by molar-refractivity contribution is -0.889. The molecule has 0 aromatic heterocycles. The van der Waals surface area contributed by atoms with Crippen molar-refractivity contribution in [2.75, 3.05) is 41.0 Å². The number of carboxylic acid groups (broad SMARTS) is 1. The van der Waals surface area contributed by atoms with E-state index in [0.29, 0.717) is 12.8 Å². The molecule has 0 N–H and O–H groups in total. The fraction of sp³-hybridized carbons (Fsp3) is 0.870. The Morgan fingerprint density at radius 2 is 0.839 bits per heavy atom. The summed E-state index contributed by atoms with van der Waals surface area (Å²) in [5.41, 5.74) is 0. The van der Waals surface area contributed by atoms with E-state index in [1.54, 1.807) is 0 Å². The van der Waals surface area contributed by atoms with Gasteiger partial charge in [-0.05, 0) is 38.5 Å². The minimum absolute atomic E-state index is 0.0441. The molecule has 0 amide bonds. The molecule has 62 heavy (non-hydrogen) atoms. The smallest absolute Gasteiger partial charge is 0.306 e. The molecular weight excluding hydrogens is 775 g/mol. The third kappa shape index (κ3) is 43.1. The van der Waals surface area contributed by atoms with Crippen molar-refractivity contribution in [3.05, 3.63) is 24.3 Å². The van der Waals surface area contributed by atoms with Crippen LogP contribution in [0.15, 0.2) is 24.3 Å². The molecule has 0 aromatic carbocycles. The van der Waals surface area contributed by atoms with Crippen molar-refractivity contribution < 1.29 is 38.2 Å². The highest BCUT2D eigenvalue weighted by molar-refractivity contribution is 5.70. The molecule has 0 spiro atoms. The standard InChI is InChI=1S/C54H101NO7/c1-6-8-10-12-14-16-18-20-22-24-26-28-30-32-34-36-38-40-42-44-52(56)61-49-50(48-60-47-46-51(54(58)59)55(3,4)5)62-53(57)45-43-41-39-37-35-33-31-29-27-25-23-21-19-17-15-13-11-9-7-2/h15,17,19,21,50-51H,6-14,16,18,20,22-49H2,1-5H3/b17-15+,21-19+. The number of likely N-dealkylation sites (N-methyl/N-ethyl adjacent to an activating group) is 1. The minimum Gasteiger partial charge on any atom is -0.544 e. The van der Waals surface area contributed by atoms with E-state index < -0.39 is 18.1 Å². The van der Waals surface area contributed by atoms with Gasteiger partial charge in [0.15, 0.2) is 6.10 Å². The lowest BCUT2D eigenvalue weighted by Gasteiger charge is -2.34. The van der Waals surface area contributed by atoms with Gasteiger partial charge in [-0.1, -0.05) is 218 Å². The summed E-state index contributed by atoms with van der Waals surface area (Å²) in [6, 6.07) is -0.724. The van der Waals surface area contributed by atoms with Crippen LogP contribution in [0, 0.1) is 0 Å². The predicted octanol–water partition coefficient (Wildman–Crippen LogP) is 13.9. The van der Waals surface area contributed by atoms with Crippen LogP contribution in [0.5, 0.6) is 0 Å². The number of nitrogens with zero attached hydrogens (tertiary/aromatic N) is 1. The highest BCUT2D eigenvalue weighted by atomic mass is 16.6. The maximum absolute atomic E-state index is 12.8. The van der Waals surface area contributed by atoms with Crippen LogP contribution in [0.2, 0.25) is 0 Å². The number of carbonyl (C=O) groups is 3. The zero-order chi connectivity index (χ0) is 45.6. The quantitative estimate of drug-likeness (QED) is 0.0260. The van der Waals surface area contributed by atoms with E-state index in [1.807, 2.05) is 21.1 Å². The van der Waals surface area contributed by atoms with Crippen LogP contribution in [0.25, 0.3) is 0 Å². The van der Waals surface area contributed by atoms with Gasteiger partial charge in [0.25, 0.3) is 0 Å². The van der Waals surface area contributed by atoms with Gasteiger partial charge in [-0.25, -0.2) is 0 Å². The number of carboxylic acids is 1. The third-order valence-electron chi connectivity index (χ3n) is 12.1. The average molecular weight is 876 g/mol. The molecule has 2 unspecified atom stereocenters. The van der Waals surface area contributed by atoms with Crippen LogP contribution in [-0.4, -0.2) is 75.5 Å². The van der Waals surface area contributed by atoms with Gasteiger partial charge in [0, 0.05) is 19.3 Å². The molecule has 0 aliphatic carbocycles. The Hall–Kier alpha value is -2.19. The molecule has 2 atom stereocenters. The number of hydrogen-bond donors (Lipinski definition) is 0. The first-order valence-electron chi connectivity index (χ1n) is 26.4. The first kappa shape index (κ1) is 59.8. The summed E-state index contributed by atoms with van der Waals surface area (Å²) < 4.78 is 17.3. The molecule has 0 aliphatic heterocycles. The summed E-state index contributed by atoms with van der Waals surface area (Å²) in [4.78, 5) is 37.1. The number of aliphatic carboxylic acids is 1. The Kier molecular flexibility index (Phi) is 43.8. The molecule has 0 saturated carbocycles. The summed E-state index contributed by atoms with van der Waals surface area (Å²) in [6.45, 7) is 4.68. The number of rotatable bonds is 48. The van der Waals surface area contributed by atoms with Crippen LogP contribution in [0.1, 0.15) is 251 Å². The molecular formula is C54H101NO7. The topological polar surface area (TPSA) is 102 Å².